The van der Waals surface area contributed by atoms with Crippen molar-refractivity contribution in [3.63, 3.8) is 0 Å². The molecular weight excluding hydrogens is 428 g/mol. The van der Waals surface area contributed by atoms with Crippen molar-refractivity contribution in [2.24, 2.45) is 0 Å². The molecule has 0 bridgehead atoms. The highest BCUT2D eigenvalue weighted by Crippen LogP contribution is 2.44. The smallest absolute Gasteiger partial charge is 0.142 e. The lowest BCUT2D eigenvalue weighted by Crippen LogP contribution is -2.39. The highest BCUT2D eigenvalue weighted by atomic mass is 16.5. The van der Waals surface area contributed by atoms with Crippen molar-refractivity contribution in [1.82, 2.24) is 0 Å². The Labute approximate surface area is 201 Å². The quantitative estimate of drug-likeness (QED) is 0.336. The Morgan fingerprint density at radius 3 is 2.56 bits per heavy atom. The predicted molar refractivity (Wildman–Crippen MR) is 136 cm³/mol. The number of hydrogen-bond acceptors (Lipinski definition) is 5. The lowest BCUT2D eigenvalue weighted by Gasteiger charge is -2.24. The van der Waals surface area contributed by atoms with Gasteiger partial charge in [0.15, 0.2) is 0 Å². The molecule has 1 aliphatic rings. The second-order valence-corrected chi connectivity index (χ2v) is 10.1. The van der Waals surface area contributed by atoms with Crippen LogP contribution in [0.2, 0.25) is 0 Å². The number of phenolic OH excluding ortho intramolecular Hbond substituents is 2. The summed E-state index contributed by atoms with van der Waals surface area (Å²) in [5, 5.41) is 32.2. The topological polar surface area (TPSA) is 83.1 Å². The molecule has 0 radical (unpaired) electrons. The number of furan rings is 1. The Morgan fingerprint density at radius 1 is 1.09 bits per heavy atom. The van der Waals surface area contributed by atoms with Crippen molar-refractivity contribution in [2.45, 2.75) is 72.0 Å². The molecule has 5 heteroatoms. The molecule has 2 aromatic carbocycles. The highest BCUT2D eigenvalue weighted by Gasteiger charge is 2.37. The second kappa shape index (κ2) is 9.22. The van der Waals surface area contributed by atoms with E-state index < -0.39 is 11.7 Å². The maximum Gasteiger partial charge on any atom is 0.142 e. The van der Waals surface area contributed by atoms with E-state index in [0.717, 1.165) is 34.9 Å². The number of fused-ring (bicyclic) bond motifs is 2. The van der Waals surface area contributed by atoms with Gasteiger partial charge in [0.1, 0.15) is 34.7 Å². The Hall–Kier alpha value is -3.18. The summed E-state index contributed by atoms with van der Waals surface area (Å²) >= 11 is 0. The van der Waals surface area contributed by atoms with Crippen LogP contribution in [-0.4, -0.2) is 27.0 Å². The minimum atomic E-state index is -1.02. The van der Waals surface area contributed by atoms with Crippen molar-refractivity contribution in [3.05, 3.63) is 64.8 Å². The first kappa shape index (κ1) is 24.0. The number of aromatic hydroxyl groups is 2. The van der Waals surface area contributed by atoms with E-state index in [2.05, 4.69) is 32.9 Å². The molecule has 0 spiro atoms. The Bertz CT molecular complexity index is 1270. The van der Waals surface area contributed by atoms with Gasteiger partial charge in [-0.3, -0.25) is 0 Å². The van der Waals surface area contributed by atoms with E-state index in [1.807, 2.05) is 12.1 Å². The minimum absolute atomic E-state index is 0.0728. The van der Waals surface area contributed by atoms with Gasteiger partial charge in [-0.15, -0.1) is 0 Å². The molecule has 4 rings (SSSR count). The average molecular weight is 463 g/mol. The summed E-state index contributed by atoms with van der Waals surface area (Å²) < 4.78 is 12.2. The highest BCUT2D eigenvalue weighted by molar-refractivity contribution is 5.88. The molecule has 1 aromatic heterocycles. The Balaban J connectivity index is 1.68. The van der Waals surface area contributed by atoms with Gasteiger partial charge < -0.3 is 24.5 Å². The second-order valence-electron chi connectivity index (χ2n) is 10.1. The van der Waals surface area contributed by atoms with Crippen LogP contribution in [0.25, 0.3) is 22.3 Å². The number of phenols is 2. The maximum absolute atomic E-state index is 10.6. The van der Waals surface area contributed by atoms with Gasteiger partial charge in [0.25, 0.3) is 0 Å². The van der Waals surface area contributed by atoms with Crippen LogP contribution in [0, 0.1) is 0 Å². The van der Waals surface area contributed by atoms with Crippen LogP contribution in [0.1, 0.15) is 58.6 Å². The fourth-order valence-electron chi connectivity index (χ4n) is 4.39. The van der Waals surface area contributed by atoms with Gasteiger partial charge in [0.2, 0.25) is 0 Å². The van der Waals surface area contributed by atoms with E-state index in [-0.39, 0.29) is 11.5 Å². The van der Waals surface area contributed by atoms with Gasteiger partial charge in [0.05, 0.1) is 5.60 Å². The molecule has 5 nitrogen and oxygen atoms in total. The third-order valence-corrected chi connectivity index (χ3v) is 6.42. The monoisotopic (exact) mass is 462 g/mol. The number of ether oxygens (including phenoxy) is 1. The summed E-state index contributed by atoms with van der Waals surface area (Å²) in [5.74, 6) is 1.43. The number of aliphatic hydroxyl groups is 1. The number of allylic oxidation sites excluding steroid dienone is 4. The minimum Gasteiger partial charge on any atom is -0.508 e. The Morgan fingerprint density at radius 2 is 1.85 bits per heavy atom. The number of hydrogen-bond donors (Lipinski definition) is 3. The molecule has 0 aliphatic carbocycles. The van der Waals surface area contributed by atoms with E-state index in [9.17, 15) is 15.3 Å². The van der Waals surface area contributed by atoms with Gasteiger partial charge in [-0.25, -0.2) is 0 Å². The van der Waals surface area contributed by atoms with Crippen LogP contribution in [0.15, 0.2) is 58.0 Å². The normalized spacial score (nSPS) is 15.9. The molecule has 1 atom stereocenters. The average Bonchev–Trinajstić information content (AvgIpc) is 3.36. The van der Waals surface area contributed by atoms with Crippen LogP contribution < -0.4 is 4.74 Å². The summed E-state index contributed by atoms with van der Waals surface area (Å²) in [6.07, 6.45) is 7.02. The van der Waals surface area contributed by atoms with Crippen molar-refractivity contribution in [3.8, 4) is 28.6 Å². The third kappa shape index (κ3) is 5.00. The molecule has 3 aromatic rings. The molecule has 34 heavy (non-hydrogen) atoms. The van der Waals surface area contributed by atoms with E-state index in [1.165, 1.54) is 11.1 Å². The van der Waals surface area contributed by atoms with E-state index >= 15 is 0 Å². The fourth-order valence-corrected chi connectivity index (χ4v) is 4.39. The molecule has 2 heterocycles. The van der Waals surface area contributed by atoms with E-state index in [0.29, 0.717) is 29.9 Å². The van der Waals surface area contributed by atoms with Gasteiger partial charge in [-0.1, -0.05) is 23.3 Å². The van der Waals surface area contributed by atoms with Crippen molar-refractivity contribution >= 4 is 11.0 Å². The predicted octanol–water partition coefficient (Wildman–Crippen LogP) is 6.82. The molecule has 0 amide bonds. The fraction of sp³-hybridized carbons (Fsp3) is 0.379. The van der Waals surface area contributed by atoms with Crippen LogP contribution in [-0.2, 0) is 12.8 Å². The standard InChI is InChI=1S/C29H34O5/c1-17(2)7-6-8-18(3)9-11-21-24(31)12-10-19-13-25(34-28(19)21)22-14-20(30)15-26-23(22)16-27(33-26)29(4,5)32/h7,9-10,12-15,27,30-32H,6,8,11,16H2,1-5H3/b18-9+. The van der Waals surface area contributed by atoms with Crippen LogP contribution in [0.5, 0.6) is 17.2 Å². The van der Waals surface area contributed by atoms with Gasteiger partial charge in [-0.2, -0.15) is 0 Å². The van der Waals surface area contributed by atoms with Gasteiger partial charge in [0, 0.05) is 34.6 Å². The first-order valence-corrected chi connectivity index (χ1v) is 11.8. The molecule has 0 fully saturated rings. The molecule has 3 N–H and O–H groups in total. The van der Waals surface area contributed by atoms with E-state index in [1.54, 1.807) is 32.0 Å². The molecule has 0 saturated carbocycles. The number of benzene rings is 2. The van der Waals surface area contributed by atoms with Gasteiger partial charge >= 0.3 is 0 Å². The maximum atomic E-state index is 10.6. The SMILES string of the molecule is CC(C)=CCC/C(C)=C/Cc1c(O)ccc2cc(-c3cc(O)cc4c3CC(C(C)(C)O)O4)oc12. The molecule has 1 aliphatic heterocycles. The zero-order valence-corrected chi connectivity index (χ0v) is 20.6. The van der Waals surface area contributed by atoms with E-state index in [4.69, 9.17) is 9.15 Å². The van der Waals surface area contributed by atoms with Crippen molar-refractivity contribution in [1.29, 1.82) is 0 Å². The first-order valence-electron chi connectivity index (χ1n) is 11.8. The zero-order valence-electron chi connectivity index (χ0n) is 20.6. The zero-order chi connectivity index (χ0) is 24.6. The summed E-state index contributed by atoms with van der Waals surface area (Å²) in [6.45, 7) is 9.75. The van der Waals surface area contributed by atoms with Crippen molar-refractivity contribution in [2.75, 3.05) is 0 Å². The van der Waals surface area contributed by atoms with Crippen LogP contribution >= 0.6 is 0 Å². The van der Waals surface area contributed by atoms with Crippen molar-refractivity contribution < 1.29 is 24.5 Å². The summed E-state index contributed by atoms with van der Waals surface area (Å²) in [4.78, 5) is 0. The van der Waals surface area contributed by atoms with Crippen LogP contribution in [0.3, 0.4) is 0 Å². The molecule has 0 saturated heterocycles. The molecular formula is C29H34O5. The lowest BCUT2D eigenvalue weighted by molar-refractivity contribution is -0.0230. The lowest BCUT2D eigenvalue weighted by atomic mass is 9.94. The first-order chi connectivity index (χ1) is 16.0. The summed E-state index contributed by atoms with van der Waals surface area (Å²) in [6, 6.07) is 8.71. The molecule has 180 valence electrons. The number of rotatable bonds is 7. The molecule has 1 unspecified atom stereocenters. The Kier molecular flexibility index (Phi) is 6.50. The van der Waals surface area contributed by atoms with Crippen LogP contribution in [0.4, 0.5) is 0 Å². The van der Waals surface area contributed by atoms with Gasteiger partial charge in [-0.05, 0) is 78.1 Å². The third-order valence-electron chi connectivity index (χ3n) is 6.42. The summed E-state index contributed by atoms with van der Waals surface area (Å²) in [5.41, 5.74) is 4.57. The largest absolute Gasteiger partial charge is 0.508 e. The summed E-state index contributed by atoms with van der Waals surface area (Å²) in [7, 11) is 0.